The largest absolute Gasteiger partial charge is 0.494 e. The number of aromatic nitrogens is 1. The summed E-state index contributed by atoms with van der Waals surface area (Å²) in [5, 5.41) is 3.75. The second-order valence-corrected chi connectivity index (χ2v) is 4.27. The lowest BCUT2D eigenvalue weighted by atomic mass is 10.3. The molecule has 0 amide bonds. The van der Waals surface area contributed by atoms with Crippen LogP contribution in [0.15, 0.2) is 47.2 Å². The third kappa shape index (κ3) is 10.9. The molecule has 1 heterocycles. The lowest BCUT2D eigenvalue weighted by Gasteiger charge is -2.05. The lowest BCUT2D eigenvalue weighted by molar-refractivity contribution is 0.103. The number of hydrogen-bond acceptors (Lipinski definition) is 4. The van der Waals surface area contributed by atoms with Gasteiger partial charge in [0, 0.05) is 12.5 Å². The van der Waals surface area contributed by atoms with Crippen LogP contribution >= 0.6 is 0 Å². The Hall–Kier alpha value is -1.81. The van der Waals surface area contributed by atoms with Crippen LogP contribution in [0.4, 0.5) is 0 Å². The highest BCUT2D eigenvalue weighted by Crippen LogP contribution is 2.08. The van der Waals surface area contributed by atoms with Gasteiger partial charge in [-0.1, -0.05) is 57.5 Å². The molecular formula is C18H29NO3. The molecule has 0 aliphatic heterocycles. The van der Waals surface area contributed by atoms with Crippen molar-refractivity contribution in [2.45, 2.75) is 47.1 Å². The van der Waals surface area contributed by atoms with Crippen LogP contribution in [0.3, 0.4) is 0 Å². The van der Waals surface area contributed by atoms with Gasteiger partial charge in [-0.2, -0.15) is 0 Å². The molecule has 0 spiro atoms. The van der Waals surface area contributed by atoms with Crippen molar-refractivity contribution in [1.29, 1.82) is 0 Å². The Morgan fingerprint density at radius 2 is 1.68 bits per heavy atom. The highest BCUT2D eigenvalue weighted by molar-refractivity contribution is 5.20. The lowest BCUT2D eigenvalue weighted by Crippen LogP contribution is -2.03. The van der Waals surface area contributed by atoms with Gasteiger partial charge in [-0.05, 0) is 12.1 Å². The SMILES string of the molecule is CC.CCC.c1ccc(OCCCOCc2ccon2)cc1. The van der Waals surface area contributed by atoms with Crippen LogP contribution in [0.25, 0.3) is 0 Å². The van der Waals surface area contributed by atoms with E-state index in [-0.39, 0.29) is 0 Å². The van der Waals surface area contributed by atoms with Crippen LogP contribution in [0, 0.1) is 0 Å². The predicted octanol–water partition coefficient (Wildman–Crippen LogP) is 5.10. The molecule has 22 heavy (non-hydrogen) atoms. The van der Waals surface area contributed by atoms with E-state index in [0.717, 1.165) is 17.9 Å². The van der Waals surface area contributed by atoms with Crippen LogP contribution in [0.2, 0.25) is 0 Å². The maximum absolute atomic E-state index is 5.53. The first-order chi connectivity index (χ1) is 10.9. The van der Waals surface area contributed by atoms with Crippen LogP contribution in [0.5, 0.6) is 5.75 Å². The normalized spacial score (nSPS) is 9.09. The Balaban J connectivity index is 0.000000789. The zero-order valence-corrected chi connectivity index (χ0v) is 14.2. The molecule has 0 bridgehead atoms. The molecule has 0 saturated heterocycles. The first-order valence-corrected chi connectivity index (χ1v) is 8.01. The van der Waals surface area contributed by atoms with Crippen LogP contribution < -0.4 is 4.74 Å². The van der Waals surface area contributed by atoms with Crippen molar-refractivity contribution >= 4 is 0 Å². The smallest absolute Gasteiger partial charge is 0.124 e. The van der Waals surface area contributed by atoms with Gasteiger partial charge in [0.25, 0.3) is 0 Å². The molecule has 0 fully saturated rings. The molecule has 0 radical (unpaired) electrons. The summed E-state index contributed by atoms with van der Waals surface area (Å²) in [6.45, 7) is 10.0. The van der Waals surface area contributed by atoms with Crippen LogP contribution in [-0.4, -0.2) is 18.4 Å². The highest BCUT2D eigenvalue weighted by Gasteiger charge is 1.96. The Bertz CT molecular complexity index is 415. The summed E-state index contributed by atoms with van der Waals surface area (Å²) in [7, 11) is 0. The summed E-state index contributed by atoms with van der Waals surface area (Å²) in [5.74, 6) is 0.893. The van der Waals surface area contributed by atoms with E-state index in [0.29, 0.717) is 19.8 Å². The number of benzene rings is 1. The minimum absolute atomic E-state index is 0.488. The first kappa shape index (κ1) is 20.2. The van der Waals surface area contributed by atoms with E-state index in [9.17, 15) is 0 Å². The van der Waals surface area contributed by atoms with Crippen molar-refractivity contribution in [2.24, 2.45) is 0 Å². The molecule has 4 heteroatoms. The van der Waals surface area contributed by atoms with Crippen molar-refractivity contribution in [3.8, 4) is 5.75 Å². The molecule has 0 aliphatic rings. The van der Waals surface area contributed by atoms with Gasteiger partial charge in [0.1, 0.15) is 17.7 Å². The number of para-hydroxylation sites is 1. The van der Waals surface area contributed by atoms with E-state index in [1.807, 2.05) is 44.2 Å². The summed E-state index contributed by atoms with van der Waals surface area (Å²) in [5.41, 5.74) is 0.814. The summed E-state index contributed by atoms with van der Waals surface area (Å²) in [6.07, 6.45) is 3.64. The average molecular weight is 307 g/mol. The van der Waals surface area contributed by atoms with Gasteiger partial charge in [-0.25, -0.2) is 0 Å². The molecule has 0 saturated carbocycles. The molecule has 1 aromatic carbocycles. The number of ether oxygens (including phenoxy) is 2. The Labute approximate surface area is 134 Å². The highest BCUT2D eigenvalue weighted by atomic mass is 16.5. The topological polar surface area (TPSA) is 44.5 Å². The standard InChI is InChI=1S/C13H15NO3.C3H8.C2H6/c1-2-5-13(6-3-1)16-9-4-8-15-11-12-7-10-17-14-12;1-3-2;1-2/h1-3,5-7,10H,4,8-9,11H2;3H2,1-2H3;1-2H3. The third-order valence-corrected chi connectivity index (χ3v) is 2.19. The zero-order chi connectivity index (χ0) is 16.5. The molecular weight excluding hydrogens is 278 g/mol. The van der Waals surface area contributed by atoms with E-state index in [2.05, 4.69) is 19.0 Å². The fourth-order valence-electron chi connectivity index (χ4n) is 1.36. The molecule has 4 nitrogen and oxygen atoms in total. The van der Waals surface area contributed by atoms with Gasteiger partial charge in [0.2, 0.25) is 0 Å². The van der Waals surface area contributed by atoms with Crippen molar-refractivity contribution in [3.63, 3.8) is 0 Å². The molecule has 2 aromatic rings. The van der Waals surface area contributed by atoms with Gasteiger partial charge < -0.3 is 14.0 Å². The Morgan fingerprint density at radius 1 is 1.00 bits per heavy atom. The van der Waals surface area contributed by atoms with Crippen molar-refractivity contribution < 1.29 is 14.0 Å². The van der Waals surface area contributed by atoms with E-state index in [4.69, 9.17) is 14.0 Å². The second kappa shape index (κ2) is 15.6. The minimum Gasteiger partial charge on any atom is -0.494 e. The third-order valence-electron chi connectivity index (χ3n) is 2.19. The van der Waals surface area contributed by atoms with Gasteiger partial charge in [-0.3, -0.25) is 0 Å². The number of nitrogens with zero attached hydrogens (tertiary/aromatic N) is 1. The van der Waals surface area contributed by atoms with Crippen molar-refractivity contribution in [2.75, 3.05) is 13.2 Å². The fourth-order valence-corrected chi connectivity index (χ4v) is 1.36. The zero-order valence-electron chi connectivity index (χ0n) is 14.2. The molecule has 0 unspecified atom stereocenters. The fraction of sp³-hybridized carbons (Fsp3) is 0.500. The van der Waals surface area contributed by atoms with Crippen LogP contribution in [-0.2, 0) is 11.3 Å². The Kier molecular flexibility index (Phi) is 14.3. The predicted molar refractivity (Wildman–Crippen MR) is 90.0 cm³/mol. The van der Waals surface area contributed by atoms with E-state index >= 15 is 0 Å². The average Bonchev–Trinajstić information content (AvgIpc) is 3.08. The molecule has 1 aromatic heterocycles. The molecule has 0 atom stereocenters. The summed E-state index contributed by atoms with van der Waals surface area (Å²) in [6, 6.07) is 11.5. The quantitative estimate of drug-likeness (QED) is 0.667. The van der Waals surface area contributed by atoms with Gasteiger partial charge >= 0.3 is 0 Å². The molecule has 2 rings (SSSR count). The minimum atomic E-state index is 0.488. The molecule has 124 valence electrons. The maximum atomic E-state index is 5.53. The monoisotopic (exact) mass is 307 g/mol. The maximum Gasteiger partial charge on any atom is 0.124 e. The van der Waals surface area contributed by atoms with E-state index in [1.54, 1.807) is 6.07 Å². The van der Waals surface area contributed by atoms with Gasteiger partial charge in [0.05, 0.1) is 19.8 Å². The van der Waals surface area contributed by atoms with Gasteiger partial charge in [0.15, 0.2) is 0 Å². The van der Waals surface area contributed by atoms with E-state index in [1.165, 1.54) is 12.7 Å². The van der Waals surface area contributed by atoms with E-state index < -0.39 is 0 Å². The van der Waals surface area contributed by atoms with Gasteiger partial charge in [-0.15, -0.1) is 0 Å². The van der Waals surface area contributed by atoms with Crippen molar-refractivity contribution in [1.82, 2.24) is 5.16 Å². The summed E-state index contributed by atoms with van der Waals surface area (Å²) < 4.78 is 15.6. The van der Waals surface area contributed by atoms with Crippen molar-refractivity contribution in [3.05, 3.63) is 48.4 Å². The summed E-state index contributed by atoms with van der Waals surface area (Å²) >= 11 is 0. The Morgan fingerprint density at radius 3 is 2.27 bits per heavy atom. The number of rotatable bonds is 7. The van der Waals surface area contributed by atoms with Crippen LogP contribution in [0.1, 0.15) is 46.2 Å². The number of hydrogen-bond donors (Lipinski definition) is 0. The summed E-state index contributed by atoms with van der Waals surface area (Å²) in [4.78, 5) is 0. The molecule has 0 N–H and O–H groups in total. The molecule has 0 aliphatic carbocycles. The second-order valence-electron chi connectivity index (χ2n) is 4.27. The first-order valence-electron chi connectivity index (χ1n) is 8.01.